The van der Waals surface area contributed by atoms with Crippen molar-refractivity contribution < 1.29 is 13.2 Å². The molecule has 0 saturated heterocycles. The van der Waals surface area contributed by atoms with E-state index in [1.807, 2.05) is 54.6 Å². The first-order valence-corrected chi connectivity index (χ1v) is 9.34. The van der Waals surface area contributed by atoms with Gasteiger partial charge in [0.25, 0.3) is 0 Å². The fourth-order valence-corrected chi connectivity index (χ4v) is 3.07. The van der Waals surface area contributed by atoms with Gasteiger partial charge in [0.2, 0.25) is 10.0 Å². The Hall–Kier alpha value is -1.85. The SMILES string of the molecule is CCS(=O)(=O)NCC(Cc1ccc(OC)cc1)c1ccccc1. The molecular formula is C18H23NO3S. The highest BCUT2D eigenvalue weighted by Crippen LogP contribution is 2.22. The van der Waals surface area contributed by atoms with E-state index in [0.29, 0.717) is 6.54 Å². The van der Waals surface area contributed by atoms with Gasteiger partial charge in [-0.15, -0.1) is 0 Å². The van der Waals surface area contributed by atoms with Crippen LogP contribution >= 0.6 is 0 Å². The van der Waals surface area contributed by atoms with Crippen LogP contribution in [0.15, 0.2) is 54.6 Å². The molecule has 0 bridgehead atoms. The Morgan fingerprint density at radius 3 is 2.26 bits per heavy atom. The van der Waals surface area contributed by atoms with Gasteiger partial charge >= 0.3 is 0 Å². The maximum Gasteiger partial charge on any atom is 0.211 e. The van der Waals surface area contributed by atoms with E-state index in [9.17, 15) is 8.42 Å². The van der Waals surface area contributed by atoms with Crippen LogP contribution in [0.3, 0.4) is 0 Å². The molecule has 0 spiro atoms. The van der Waals surface area contributed by atoms with Gasteiger partial charge in [-0.1, -0.05) is 42.5 Å². The van der Waals surface area contributed by atoms with Gasteiger partial charge in [-0.3, -0.25) is 0 Å². The van der Waals surface area contributed by atoms with E-state index in [-0.39, 0.29) is 11.7 Å². The first kappa shape index (κ1) is 17.5. The topological polar surface area (TPSA) is 55.4 Å². The number of hydrogen-bond acceptors (Lipinski definition) is 3. The summed E-state index contributed by atoms with van der Waals surface area (Å²) in [4.78, 5) is 0. The van der Waals surface area contributed by atoms with E-state index in [1.165, 1.54) is 0 Å². The van der Waals surface area contributed by atoms with Crippen LogP contribution in [-0.2, 0) is 16.4 Å². The standard InChI is InChI=1S/C18H23NO3S/c1-3-23(20,21)19-14-17(16-7-5-4-6-8-16)13-15-9-11-18(22-2)12-10-15/h4-12,17,19H,3,13-14H2,1-2H3. The molecule has 2 rings (SSSR count). The monoisotopic (exact) mass is 333 g/mol. The van der Waals surface area contributed by atoms with Crippen molar-refractivity contribution in [1.82, 2.24) is 4.72 Å². The van der Waals surface area contributed by atoms with Gasteiger partial charge in [0, 0.05) is 12.5 Å². The van der Waals surface area contributed by atoms with Gasteiger partial charge < -0.3 is 4.74 Å². The zero-order valence-corrected chi connectivity index (χ0v) is 14.3. The maximum atomic E-state index is 11.7. The Bertz CT molecular complexity index is 697. The lowest BCUT2D eigenvalue weighted by atomic mass is 9.92. The third-order valence-corrected chi connectivity index (χ3v) is 5.21. The zero-order chi connectivity index (χ0) is 16.7. The number of sulfonamides is 1. The molecule has 0 aromatic heterocycles. The number of benzene rings is 2. The van der Waals surface area contributed by atoms with Crippen LogP contribution in [0, 0.1) is 0 Å². The molecule has 0 aliphatic heterocycles. The quantitative estimate of drug-likeness (QED) is 0.808. The molecule has 0 aliphatic rings. The van der Waals surface area contributed by atoms with Crippen LogP contribution in [0.4, 0.5) is 0 Å². The molecule has 0 amide bonds. The summed E-state index contributed by atoms with van der Waals surface area (Å²) in [7, 11) is -1.56. The minimum absolute atomic E-state index is 0.0888. The lowest BCUT2D eigenvalue weighted by molar-refractivity contribution is 0.414. The lowest BCUT2D eigenvalue weighted by Crippen LogP contribution is -2.30. The second-order valence-corrected chi connectivity index (χ2v) is 7.51. The van der Waals surface area contributed by atoms with Gasteiger partial charge in [-0.2, -0.15) is 0 Å². The average molecular weight is 333 g/mol. The lowest BCUT2D eigenvalue weighted by Gasteiger charge is -2.18. The van der Waals surface area contributed by atoms with Crippen molar-refractivity contribution in [2.24, 2.45) is 0 Å². The number of rotatable bonds is 8. The van der Waals surface area contributed by atoms with Crippen molar-refractivity contribution in [3.8, 4) is 5.75 Å². The minimum Gasteiger partial charge on any atom is -0.497 e. The predicted molar refractivity (Wildman–Crippen MR) is 93.3 cm³/mol. The summed E-state index contributed by atoms with van der Waals surface area (Å²) in [6.07, 6.45) is 0.764. The third-order valence-electron chi connectivity index (χ3n) is 3.84. The smallest absolute Gasteiger partial charge is 0.211 e. The summed E-state index contributed by atoms with van der Waals surface area (Å²) in [6.45, 7) is 2.04. The van der Waals surface area contributed by atoms with E-state index >= 15 is 0 Å². The molecule has 5 heteroatoms. The van der Waals surface area contributed by atoms with Crippen LogP contribution in [0.2, 0.25) is 0 Å². The number of nitrogens with one attached hydrogen (secondary N) is 1. The van der Waals surface area contributed by atoms with Crippen LogP contribution < -0.4 is 9.46 Å². The minimum atomic E-state index is -3.20. The van der Waals surface area contributed by atoms with Crippen molar-refractivity contribution in [2.75, 3.05) is 19.4 Å². The molecule has 0 radical (unpaired) electrons. The molecule has 1 unspecified atom stereocenters. The normalized spacial score (nSPS) is 12.8. The average Bonchev–Trinajstić information content (AvgIpc) is 2.60. The Morgan fingerprint density at radius 2 is 1.70 bits per heavy atom. The summed E-state index contributed by atoms with van der Waals surface area (Å²) >= 11 is 0. The Kier molecular flexibility index (Phi) is 6.19. The number of ether oxygens (including phenoxy) is 1. The van der Waals surface area contributed by atoms with Crippen molar-refractivity contribution >= 4 is 10.0 Å². The molecule has 0 heterocycles. The first-order chi connectivity index (χ1) is 11.0. The largest absolute Gasteiger partial charge is 0.497 e. The van der Waals surface area contributed by atoms with Crippen LogP contribution in [0.5, 0.6) is 5.75 Å². The Labute approximate surface area is 138 Å². The van der Waals surface area contributed by atoms with Gasteiger partial charge in [0.05, 0.1) is 12.9 Å². The molecule has 2 aromatic carbocycles. The molecule has 23 heavy (non-hydrogen) atoms. The Morgan fingerprint density at radius 1 is 1.04 bits per heavy atom. The molecule has 2 aromatic rings. The molecule has 0 fully saturated rings. The van der Waals surface area contributed by atoms with Gasteiger partial charge in [-0.05, 0) is 36.6 Å². The highest BCUT2D eigenvalue weighted by molar-refractivity contribution is 7.89. The van der Waals surface area contributed by atoms with Crippen LogP contribution in [0.1, 0.15) is 24.0 Å². The molecule has 1 N–H and O–H groups in total. The summed E-state index contributed by atoms with van der Waals surface area (Å²) < 4.78 is 31.4. The zero-order valence-electron chi connectivity index (χ0n) is 13.5. The molecule has 0 saturated carbocycles. The van der Waals surface area contributed by atoms with E-state index in [2.05, 4.69) is 4.72 Å². The van der Waals surface area contributed by atoms with Gasteiger partial charge in [0.15, 0.2) is 0 Å². The summed E-state index contributed by atoms with van der Waals surface area (Å²) in [5.74, 6) is 0.999. The Balaban J connectivity index is 2.15. The second kappa shape index (κ2) is 8.13. The molecular weight excluding hydrogens is 310 g/mol. The summed E-state index contributed by atoms with van der Waals surface area (Å²) in [5, 5.41) is 0. The predicted octanol–water partition coefficient (Wildman–Crippen LogP) is 2.96. The molecule has 0 aliphatic carbocycles. The molecule has 124 valence electrons. The van der Waals surface area contributed by atoms with E-state index < -0.39 is 10.0 Å². The van der Waals surface area contributed by atoms with Crippen molar-refractivity contribution in [2.45, 2.75) is 19.3 Å². The van der Waals surface area contributed by atoms with Crippen LogP contribution in [-0.4, -0.2) is 27.8 Å². The van der Waals surface area contributed by atoms with E-state index in [0.717, 1.165) is 23.3 Å². The van der Waals surface area contributed by atoms with Gasteiger partial charge in [0.1, 0.15) is 5.75 Å². The first-order valence-electron chi connectivity index (χ1n) is 7.69. The van der Waals surface area contributed by atoms with E-state index in [1.54, 1.807) is 14.0 Å². The van der Waals surface area contributed by atoms with Crippen LogP contribution in [0.25, 0.3) is 0 Å². The fraction of sp³-hybridized carbons (Fsp3) is 0.333. The second-order valence-electron chi connectivity index (χ2n) is 5.41. The summed E-state index contributed by atoms with van der Waals surface area (Å²) in [5.41, 5.74) is 2.28. The summed E-state index contributed by atoms with van der Waals surface area (Å²) in [6, 6.07) is 17.9. The number of hydrogen-bond donors (Lipinski definition) is 1. The highest BCUT2D eigenvalue weighted by Gasteiger charge is 2.16. The maximum absolute atomic E-state index is 11.7. The van der Waals surface area contributed by atoms with Crippen molar-refractivity contribution in [1.29, 1.82) is 0 Å². The third kappa shape index (κ3) is 5.37. The number of methoxy groups -OCH3 is 1. The van der Waals surface area contributed by atoms with E-state index in [4.69, 9.17) is 4.74 Å². The van der Waals surface area contributed by atoms with Gasteiger partial charge in [-0.25, -0.2) is 13.1 Å². The molecule has 1 atom stereocenters. The van der Waals surface area contributed by atoms with Crippen molar-refractivity contribution in [3.05, 3.63) is 65.7 Å². The fourth-order valence-electron chi connectivity index (χ4n) is 2.41. The van der Waals surface area contributed by atoms with Crippen molar-refractivity contribution in [3.63, 3.8) is 0 Å². The highest BCUT2D eigenvalue weighted by atomic mass is 32.2. The molecule has 4 nitrogen and oxygen atoms in total.